The lowest BCUT2D eigenvalue weighted by Crippen LogP contribution is -2.49. The van der Waals surface area contributed by atoms with Gasteiger partial charge < -0.3 is 21.3 Å². The highest BCUT2D eigenvalue weighted by atomic mass is 32.2. The number of nitrogens with zero attached hydrogens (tertiary/aromatic N) is 1. The summed E-state index contributed by atoms with van der Waals surface area (Å²) in [5.41, 5.74) is 7.44. The molecule has 1 aromatic rings. The lowest BCUT2D eigenvalue weighted by Gasteiger charge is -2.21. The van der Waals surface area contributed by atoms with Crippen LogP contribution in [0.15, 0.2) is 24.3 Å². The molecule has 29 heavy (non-hydrogen) atoms. The second kappa shape index (κ2) is 12.8. The highest BCUT2D eigenvalue weighted by Gasteiger charge is 2.23. The molecule has 2 amide bonds. The third-order valence-corrected chi connectivity index (χ3v) is 5.95. The first-order chi connectivity index (χ1) is 13.7. The van der Waals surface area contributed by atoms with Gasteiger partial charge in [-0.3, -0.25) is 9.59 Å². The second-order valence-corrected chi connectivity index (χ2v) is 9.00. The van der Waals surface area contributed by atoms with Gasteiger partial charge in [-0.25, -0.2) is 0 Å². The summed E-state index contributed by atoms with van der Waals surface area (Å²) < 4.78 is 0.897. The summed E-state index contributed by atoms with van der Waals surface area (Å²) in [4.78, 5) is 26.7. The van der Waals surface area contributed by atoms with E-state index >= 15 is 0 Å². The zero-order valence-electron chi connectivity index (χ0n) is 18.0. The number of nitrogens with two attached hydrogens (primary N) is 1. The molecule has 0 aromatic heterocycles. The van der Waals surface area contributed by atoms with E-state index in [2.05, 4.69) is 29.4 Å². The lowest BCUT2D eigenvalue weighted by molar-refractivity contribution is -0.127. The standard InChI is InChI=1S/C21H34N4O2S2/c1-6-25(7-2)21(28)29-13-16-8-10-17(11-9-16)23-20(27)18(12-14(3)4)24-19(26)15(5)22/h8-11,14-15,18H,6-7,12-13,22H2,1-5H3,(H,23,27)(H,24,26)/t15-,18-/m1/s1. The number of anilines is 1. The molecule has 0 aliphatic rings. The van der Waals surface area contributed by atoms with Gasteiger partial charge in [0.05, 0.1) is 6.04 Å². The summed E-state index contributed by atoms with van der Waals surface area (Å²) in [6, 6.07) is 6.42. The molecule has 0 unspecified atom stereocenters. The van der Waals surface area contributed by atoms with Crippen molar-refractivity contribution in [2.24, 2.45) is 11.7 Å². The summed E-state index contributed by atoms with van der Waals surface area (Å²) in [5, 5.41) is 5.62. The number of carbonyl (C=O) groups is 2. The molecule has 0 heterocycles. The van der Waals surface area contributed by atoms with E-state index < -0.39 is 12.1 Å². The van der Waals surface area contributed by atoms with Gasteiger partial charge in [-0.2, -0.15) is 0 Å². The molecular formula is C21H34N4O2S2. The maximum absolute atomic E-state index is 12.7. The summed E-state index contributed by atoms with van der Waals surface area (Å²) in [7, 11) is 0. The summed E-state index contributed by atoms with van der Waals surface area (Å²) >= 11 is 7.10. The third-order valence-electron chi connectivity index (χ3n) is 4.36. The highest BCUT2D eigenvalue weighted by Crippen LogP contribution is 2.19. The van der Waals surface area contributed by atoms with E-state index in [1.807, 2.05) is 38.1 Å². The first-order valence-electron chi connectivity index (χ1n) is 10.0. The maximum Gasteiger partial charge on any atom is 0.246 e. The monoisotopic (exact) mass is 438 g/mol. The van der Waals surface area contributed by atoms with Crippen LogP contribution in [0.3, 0.4) is 0 Å². The van der Waals surface area contributed by atoms with E-state index in [4.69, 9.17) is 18.0 Å². The van der Waals surface area contributed by atoms with E-state index in [9.17, 15) is 9.59 Å². The molecule has 0 bridgehead atoms. The van der Waals surface area contributed by atoms with Crippen LogP contribution in [0.25, 0.3) is 0 Å². The summed E-state index contributed by atoms with van der Waals surface area (Å²) in [6.45, 7) is 11.6. The Morgan fingerprint density at radius 3 is 2.17 bits per heavy atom. The average Bonchev–Trinajstić information content (AvgIpc) is 2.67. The predicted octanol–water partition coefficient (Wildman–Crippen LogP) is 3.36. The number of hydrogen-bond acceptors (Lipinski definition) is 5. The zero-order chi connectivity index (χ0) is 22.0. The molecule has 4 N–H and O–H groups in total. The Morgan fingerprint density at radius 1 is 1.10 bits per heavy atom. The fourth-order valence-corrected chi connectivity index (χ4v) is 4.00. The van der Waals surface area contributed by atoms with Crippen molar-refractivity contribution >= 4 is 45.8 Å². The van der Waals surface area contributed by atoms with Crippen molar-refractivity contribution in [3.63, 3.8) is 0 Å². The minimum absolute atomic E-state index is 0.238. The molecule has 6 nitrogen and oxygen atoms in total. The van der Waals surface area contributed by atoms with Gasteiger partial charge in [0.1, 0.15) is 10.4 Å². The number of amides is 2. The van der Waals surface area contributed by atoms with E-state index in [0.29, 0.717) is 12.1 Å². The van der Waals surface area contributed by atoms with Crippen molar-refractivity contribution in [1.29, 1.82) is 0 Å². The molecule has 2 atom stereocenters. The quantitative estimate of drug-likeness (QED) is 0.486. The Morgan fingerprint density at radius 2 is 1.69 bits per heavy atom. The fourth-order valence-electron chi connectivity index (χ4n) is 2.64. The minimum atomic E-state index is -0.656. The molecule has 0 aliphatic heterocycles. The van der Waals surface area contributed by atoms with Crippen LogP contribution in [0.5, 0.6) is 0 Å². The maximum atomic E-state index is 12.7. The van der Waals surface area contributed by atoms with E-state index in [1.54, 1.807) is 18.7 Å². The Kier molecular flexibility index (Phi) is 11.2. The number of nitrogens with one attached hydrogen (secondary N) is 2. The number of rotatable bonds is 10. The van der Waals surface area contributed by atoms with Crippen molar-refractivity contribution in [1.82, 2.24) is 10.2 Å². The molecule has 0 saturated carbocycles. The van der Waals surface area contributed by atoms with Gasteiger partial charge in [0.2, 0.25) is 11.8 Å². The third kappa shape index (κ3) is 9.14. The largest absolute Gasteiger partial charge is 0.358 e. The van der Waals surface area contributed by atoms with E-state index in [-0.39, 0.29) is 17.7 Å². The SMILES string of the molecule is CCN(CC)C(=S)SCc1ccc(NC(=O)[C@@H](CC(C)C)NC(=O)[C@@H](C)N)cc1. The van der Waals surface area contributed by atoms with Crippen molar-refractivity contribution in [3.05, 3.63) is 29.8 Å². The Bertz CT molecular complexity index is 674. The van der Waals surface area contributed by atoms with Crippen LogP contribution in [-0.4, -0.2) is 46.2 Å². The zero-order valence-corrected chi connectivity index (χ0v) is 19.7. The van der Waals surface area contributed by atoms with Crippen molar-refractivity contribution < 1.29 is 9.59 Å². The number of thioether (sulfide) groups is 1. The van der Waals surface area contributed by atoms with Gasteiger partial charge in [-0.15, -0.1) is 0 Å². The summed E-state index contributed by atoms with van der Waals surface area (Å²) in [6.07, 6.45) is 0.543. The average molecular weight is 439 g/mol. The van der Waals surface area contributed by atoms with Crippen molar-refractivity contribution in [2.75, 3.05) is 18.4 Å². The van der Waals surface area contributed by atoms with Gasteiger partial charge >= 0.3 is 0 Å². The number of benzene rings is 1. The molecule has 0 spiro atoms. The highest BCUT2D eigenvalue weighted by molar-refractivity contribution is 8.22. The van der Waals surface area contributed by atoms with Crippen LogP contribution >= 0.6 is 24.0 Å². The number of hydrogen-bond donors (Lipinski definition) is 3. The van der Waals surface area contributed by atoms with Crippen molar-refractivity contribution in [3.8, 4) is 0 Å². The number of thiocarbonyl (C=S) groups is 1. The van der Waals surface area contributed by atoms with Crippen LogP contribution in [0.1, 0.15) is 46.6 Å². The molecule has 162 valence electrons. The molecular weight excluding hydrogens is 404 g/mol. The van der Waals surface area contributed by atoms with Gasteiger partial charge in [-0.05, 0) is 50.8 Å². The molecule has 0 radical (unpaired) electrons. The molecule has 8 heteroatoms. The van der Waals surface area contributed by atoms with Crippen LogP contribution in [0, 0.1) is 5.92 Å². The molecule has 0 saturated heterocycles. The van der Waals surface area contributed by atoms with Crippen LogP contribution in [0.4, 0.5) is 5.69 Å². The fraction of sp³-hybridized carbons (Fsp3) is 0.571. The van der Waals surface area contributed by atoms with Crippen LogP contribution < -0.4 is 16.4 Å². The van der Waals surface area contributed by atoms with Crippen molar-refractivity contribution in [2.45, 2.75) is 58.9 Å². The first-order valence-corrected chi connectivity index (χ1v) is 11.4. The van der Waals surface area contributed by atoms with E-state index in [1.165, 1.54) is 0 Å². The molecule has 1 aromatic carbocycles. The van der Waals surface area contributed by atoms with Gasteiger partial charge in [-0.1, -0.05) is 50.0 Å². The van der Waals surface area contributed by atoms with Gasteiger partial charge in [0, 0.05) is 24.5 Å². The molecule has 1 rings (SSSR count). The van der Waals surface area contributed by atoms with Gasteiger partial charge in [0.25, 0.3) is 0 Å². The van der Waals surface area contributed by atoms with Crippen LogP contribution in [-0.2, 0) is 15.3 Å². The Hall–Kier alpha value is -1.64. The normalized spacial score (nSPS) is 12.9. The molecule has 0 fully saturated rings. The summed E-state index contributed by atoms with van der Waals surface area (Å²) in [5.74, 6) is 0.470. The molecule has 0 aliphatic carbocycles. The lowest BCUT2D eigenvalue weighted by atomic mass is 10.0. The first kappa shape index (κ1) is 25.4. The topological polar surface area (TPSA) is 87.5 Å². The van der Waals surface area contributed by atoms with Crippen LogP contribution in [0.2, 0.25) is 0 Å². The second-order valence-electron chi connectivity index (χ2n) is 7.39. The minimum Gasteiger partial charge on any atom is -0.358 e. The predicted molar refractivity (Wildman–Crippen MR) is 127 cm³/mol. The Labute approximate surface area is 184 Å². The Balaban J connectivity index is 2.68. The smallest absolute Gasteiger partial charge is 0.246 e. The van der Waals surface area contributed by atoms with Gasteiger partial charge in [0.15, 0.2) is 0 Å². The van der Waals surface area contributed by atoms with E-state index in [0.717, 1.165) is 28.7 Å². The number of carbonyl (C=O) groups excluding carboxylic acids is 2.